The van der Waals surface area contributed by atoms with E-state index in [0.29, 0.717) is 31.6 Å². The van der Waals surface area contributed by atoms with Gasteiger partial charge in [-0.15, -0.1) is 0 Å². The summed E-state index contributed by atoms with van der Waals surface area (Å²) in [5.41, 5.74) is 0. The Morgan fingerprint density at radius 1 is 0.333 bits per heavy atom. The van der Waals surface area contributed by atoms with Crippen LogP contribution in [0.15, 0.2) is 0 Å². The first kappa shape index (κ1) is 79.1. The van der Waals surface area contributed by atoms with Gasteiger partial charge in [0.1, 0.15) is 19.3 Å². The van der Waals surface area contributed by atoms with E-state index < -0.39 is 97.5 Å². The van der Waals surface area contributed by atoms with E-state index >= 15 is 0 Å². The molecule has 17 nitrogen and oxygen atoms in total. The maximum absolute atomic E-state index is 12.9. The van der Waals surface area contributed by atoms with Gasteiger partial charge in [0.25, 0.3) is 0 Å². The standard InChI is InChI=1S/C62H120O17P2/c1-7-9-11-13-14-15-19-23-26-33-39-45-60(65)73-51-58(78-61(66)46-40-34-27-24-21-18-16-17-20-22-25-31-36-42-54(3)4)53-77-81(70,71)75-49-56(63)48-74-80(68,69)76-52-57(50-72-59(64)44-38-30-12-10-8-2)79-62(67)47-41-35-29-28-32-37-43-55(5)6/h54-58,63H,7-53H2,1-6H3,(H,68,69)(H,70,71)/t56-,57+,58+/m0/s1. The lowest BCUT2D eigenvalue weighted by molar-refractivity contribution is -0.161. The molecule has 0 rings (SSSR count). The second-order valence-corrected chi connectivity index (χ2v) is 26.3. The van der Waals surface area contributed by atoms with Crippen molar-refractivity contribution in [1.82, 2.24) is 0 Å². The number of esters is 4. The maximum Gasteiger partial charge on any atom is 0.472 e. The monoisotopic (exact) mass is 1200 g/mol. The highest BCUT2D eigenvalue weighted by molar-refractivity contribution is 7.47. The van der Waals surface area contributed by atoms with E-state index in [1.807, 2.05) is 0 Å². The van der Waals surface area contributed by atoms with Crippen LogP contribution >= 0.6 is 15.6 Å². The quantitative estimate of drug-likeness (QED) is 0.0222. The van der Waals surface area contributed by atoms with Crippen LogP contribution in [0.25, 0.3) is 0 Å². The molecule has 3 N–H and O–H groups in total. The topological polar surface area (TPSA) is 237 Å². The van der Waals surface area contributed by atoms with Crippen LogP contribution in [0.3, 0.4) is 0 Å². The molecule has 0 fully saturated rings. The Labute approximate surface area is 492 Å². The van der Waals surface area contributed by atoms with Crippen molar-refractivity contribution in [3.8, 4) is 0 Å². The van der Waals surface area contributed by atoms with Crippen molar-refractivity contribution in [2.24, 2.45) is 11.8 Å². The van der Waals surface area contributed by atoms with Gasteiger partial charge in [-0.3, -0.25) is 37.3 Å². The summed E-state index contributed by atoms with van der Waals surface area (Å²) in [7, 11) is -9.87. The van der Waals surface area contributed by atoms with E-state index in [0.717, 1.165) is 102 Å². The van der Waals surface area contributed by atoms with Gasteiger partial charge in [0.2, 0.25) is 0 Å². The second-order valence-electron chi connectivity index (χ2n) is 23.4. The number of phosphoric ester groups is 2. The van der Waals surface area contributed by atoms with Gasteiger partial charge >= 0.3 is 39.5 Å². The largest absolute Gasteiger partial charge is 0.472 e. The van der Waals surface area contributed by atoms with Gasteiger partial charge in [-0.2, -0.15) is 0 Å². The van der Waals surface area contributed by atoms with Crippen molar-refractivity contribution >= 4 is 39.5 Å². The highest BCUT2D eigenvalue weighted by atomic mass is 31.2. The molecule has 0 aromatic carbocycles. The van der Waals surface area contributed by atoms with Crippen molar-refractivity contribution < 1.29 is 80.2 Å². The Kier molecular flexibility index (Phi) is 53.4. The van der Waals surface area contributed by atoms with E-state index in [-0.39, 0.29) is 25.7 Å². The highest BCUT2D eigenvalue weighted by Crippen LogP contribution is 2.45. The van der Waals surface area contributed by atoms with Gasteiger partial charge < -0.3 is 33.8 Å². The second kappa shape index (κ2) is 54.7. The number of hydrogen-bond acceptors (Lipinski definition) is 15. The minimum Gasteiger partial charge on any atom is -0.462 e. The maximum atomic E-state index is 12.9. The van der Waals surface area contributed by atoms with Crippen LogP contribution in [-0.4, -0.2) is 96.7 Å². The lowest BCUT2D eigenvalue weighted by Crippen LogP contribution is -2.30. The Balaban J connectivity index is 5.16. The summed E-state index contributed by atoms with van der Waals surface area (Å²) in [6, 6.07) is 0. The zero-order valence-corrected chi connectivity index (χ0v) is 53.9. The predicted molar refractivity (Wildman–Crippen MR) is 321 cm³/mol. The molecule has 0 heterocycles. The number of rotatable bonds is 61. The lowest BCUT2D eigenvalue weighted by Gasteiger charge is -2.21. The summed E-state index contributed by atoms with van der Waals surface area (Å²) in [6.07, 6.45) is 36.7. The van der Waals surface area contributed by atoms with Gasteiger partial charge in [-0.25, -0.2) is 9.13 Å². The molecule has 480 valence electrons. The molecule has 0 spiro atoms. The summed E-state index contributed by atoms with van der Waals surface area (Å²) >= 11 is 0. The molecule has 0 aliphatic rings. The molecule has 81 heavy (non-hydrogen) atoms. The van der Waals surface area contributed by atoms with Gasteiger partial charge in [0, 0.05) is 25.7 Å². The van der Waals surface area contributed by atoms with Crippen LogP contribution in [0.4, 0.5) is 0 Å². The molecule has 0 saturated carbocycles. The molecule has 0 amide bonds. The minimum absolute atomic E-state index is 0.101. The van der Waals surface area contributed by atoms with Crippen LogP contribution in [0, 0.1) is 11.8 Å². The number of aliphatic hydroxyl groups excluding tert-OH is 1. The van der Waals surface area contributed by atoms with Gasteiger partial charge in [0.15, 0.2) is 12.2 Å². The van der Waals surface area contributed by atoms with E-state index in [1.54, 1.807) is 0 Å². The first-order valence-electron chi connectivity index (χ1n) is 32.5. The molecule has 0 saturated heterocycles. The Hall–Kier alpha value is -1.94. The van der Waals surface area contributed by atoms with E-state index in [9.17, 15) is 43.2 Å². The van der Waals surface area contributed by atoms with Crippen LogP contribution in [0.5, 0.6) is 0 Å². The van der Waals surface area contributed by atoms with E-state index in [4.69, 9.17) is 37.0 Å². The Morgan fingerprint density at radius 3 is 0.840 bits per heavy atom. The number of ether oxygens (including phenoxy) is 4. The van der Waals surface area contributed by atoms with Crippen molar-refractivity contribution in [2.75, 3.05) is 39.6 Å². The number of phosphoric acid groups is 2. The smallest absolute Gasteiger partial charge is 0.462 e. The van der Waals surface area contributed by atoms with Gasteiger partial charge in [-0.1, -0.05) is 253 Å². The molecule has 0 aliphatic heterocycles. The molecule has 0 bridgehead atoms. The molecule has 5 atom stereocenters. The van der Waals surface area contributed by atoms with Crippen LogP contribution in [0.1, 0.15) is 305 Å². The summed E-state index contributed by atoms with van der Waals surface area (Å²) in [4.78, 5) is 71.8. The molecular weight excluding hydrogens is 1080 g/mol. The number of unbranched alkanes of at least 4 members (excludes halogenated alkanes) is 31. The Morgan fingerprint density at radius 2 is 0.568 bits per heavy atom. The third-order valence-corrected chi connectivity index (χ3v) is 16.1. The molecule has 0 aromatic heterocycles. The first-order valence-corrected chi connectivity index (χ1v) is 35.5. The molecule has 0 radical (unpaired) electrons. The van der Waals surface area contributed by atoms with Crippen LogP contribution in [-0.2, 0) is 65.4 Å². The number of carbonyl (C=O) groups excluding carboxylic acids is 4. The third kappa shape index (κ3) is 56.9. The zero-order valence-electron chi connectivity index (χ0n) is 52.1. The Bertz CT molecular complexity index is 1600. The third-order valence-electron chi connectivity index (χ3n) is 14.2. The normalized spacial score (nSPS) is 14.4. The zero-order chi connectivity index (χ0) is 60.1. The van der Waals surface area contributed by atoms with E-state index in [1.165, 1.54) is 116 Å². The average Bonchev–Trinajstić information content (AvgIpc) is 3.42. The molecule has 0 aliphatic carbocycles. The highest BCUT2D eigenvalue weighted by Gasteiger charge is 2.30. The molecule has 0 aromatic rings. The van der Waals surface area contributed by atoms with Crippen LogP contribution < -0.4 is 0 Å². The van der Waals surface area contributed by atoms with Gasteiger partial charge in [0.05, 0.1) is 26.4 Å². The number of carbonyl (C=O) groups is 4. The summed E-state index contributed by atoms with van der Waals surface area (Å²) in [6.45, 7) is 9.31. The number of hydrogen-bond donors (Lipinski definition) is 3. The summed E-state index contributed by atoms with van der Waals surface area (Å²) < 4.78 is 67.7. The fraction of sp³-hybridized carbons (Fsp3) is 0.935. The molecular formula is C62H120O17P2. The SMILES string of the molecule is CCCCCCCCCCCCCC(=O)OC[C@H](COP(=O)(O)OC[C@@H](O)COP(=O)(O)OC[C@@H](COC(=O)CCCCCCC)OC(=O)CCCCCCCCC(C)C)OC(=O)CCCCCCCCCCCCCCCC(C)C. The average molecular weight is 1200 g/mol. The van der Waals surface area contributed by atoms with Crippen molar-refractivity contribution in [3.63, 3.8) is 0 Å². The van der Waals surface area contributed by atoms with Crippen LogP contribution in [0.2, 0.25) is 0 Å². The summed E-state index contributed by atoms with van der Waals surface area (Å²) in [5, 5.41) is 10.5. The summed E-state index contributed by atoms with van der Waals surface area (Å²) in [5.74, 6) is -0.694. The van der Waals surface area contributed by atoms with Crippen molar-refractivity contribution in [3.05, 3.63) is 0 Å². The van der Waals surface area contributed by atoms with Crippen molar-refractivity contribution in [1.29, 1.82) is 0 Å². The first-order chi connectivity index (χ1) is 38.9. The number of aliphatic hydroxyl groups is 1. The molecule has 2 unspecified atom stereocenters. The predicted octanol–water partition coefficient (Wildman–Crippen LogP) is 16.9. The fourth-order valence-corrected chi connectivity index (χ4v) is 10.8. The lowest BCUT2D eigenvalue weighted by atomic mass is 10.0. The fourth-order valence-electron chi connectivity index (χ4n) is 9.18. The van der Waals surface area contributed by atoms with Gasteiger partial charge in [-0.05, 0) is 37.5 Å². The van der Waals surface area contributed by atoms with E-state index in [2.05, 4.69) is 41.5 Å². The van der Waals surface area contributed by atoms with Crippen molar-refractivity contribution in [2.45, 2.75) is 323 Å². The molecule has 19 heteroatoms. The minimum atomic E-state index is -4.94.